The van der Waals surface area contributed by atoms with E-state index in [2.05, 4.69) is 38.1 Å². The summed E-state index contributed by atoms with van der Waals surface area (Å²) >= 11 is 0. The molecule has 0 aliphatic carbocycles. The molecule has 4 rings (SSSR count). The summed E-state index contributed by atoms with van der Waals surface area (Å²) in [5, 5.41) is 10.8. The molecule has 0 unspecified atom stereocenters. The lowest BCUT2D eigenvalue weighted by atomic mass is 10.2. The first kappa shape index (κ1) is 29.8. The van der Waals surface area contributed by atoms with Gasteiger partial charge in [-0.3, -0.25) is 0 Å². The molecule has 164 valence electrons. The Labute approximate surface area is 191 Å². The minimum absolute atomic E-state index is 0.750. The van der Waals surface area contributed by atoms with Crippen LogP contribution in [0.4, 0.5) is 0 Å². The molecular formula is C28H30N2O2. The summed E-state index contributed by atoms with van der Waals surface area (Å²) in [4.78, 5) is 16.7. The van der Waals surface area contributed by atoms with Crippen LogP contribution in [0.1, 0.15) is 11.1 Å². The molecule has 0 amide bonds. The number of rotatable bonds is 0. The molecule has 0 aliphatic heterocycles. The Morgan fingerprint density at radius 3 is 0.625 bits per heavy atom. The third-order valence-electron chi connectivity index (χ3n) is 3.21. The SMILES string of the molecule is Cc1ccccc1.Cc1ccccc1.N=C=O.N=C=O.c1ccccc1.c1ccccc1. The van der Waals surface area contributed by atoms with E-state index in [4.69, 9.17) is 20.4 Å². The average molecular weight is 427 g/mol. The maximum atomic E-state index is 8.35. The molecular weight excluding hydrogens is 396 g/mol. The zero-order valence-corrected chi connectivity index (χ0v) is 18.5. The van der Waals surface area contributed by atoms with E-state index in [9.17, 15) is 0 Å². The van der Waals surface area contributed by atoms with Gasteiger partial charge in [0.2, 0.25) is 12.2 Å². The standard InChI is InChI=1S/2C7H8.2C6H6.2CHNO/c2*1-7-5-3-2-4-6-7;2*1-2-4-6-5-3-1;2*2-1-3/h2*2-6H,1H3;2*1-6H;2*2H. The Hall–Kier alpha value is -4.36. The van der Waals surface area contributed by atoms with Crippen molar-refractivity contribution in [3.8, 4) is 0 Å². The fourth-order valence-electron chi connectivity index (χ4n) is 1.84. The van der Waals surface area contributed by atoms with E-state index in [1.165, 1.54) is 11.1 Å². The number of nitrogens with one attached hydrogen (secondary N) is 2. The first-order valence-corrected chi connectivity index (χ1v) is 9.73. The monoisotopic (exact) mass is 426 g/mol. The minimum atomic E-state index is 0.750. The highest BCUT2D eigenvalue weighted by Crippen LogP contribution is 1.92. The third kappa shape index (κ3) is 27.9. The van der Waals surface area contributed by atoms with Gasteiger partial charge in [0, 0.05) is 0 Å². The normalized spacial score (nSPS) is 7.31. The first-order valence-electron chi connectivity index (χ1n) is 9.73. The maximum absolute atomic E-state index is 8.35. The summed E-state index contributed by atoms with van der Waals surface area (Å²) in [5.74, 6) is 0. The minimum Gasteiger partial charge on any atom is -0.222 e. The van der Waals surface area contributed by atoms with Gasteiger partial charge in [-0.15, -0.1) is 0 Å². The summed E-state index contributed by atoms with van der Waals surface area (Å²) < 4.78 is 0. The lowest BCUT2D eigenvalue weighted by Gasteiger charge is -1.82. The molecule has 2 N–H and O–H groups in total. The summed E-state index contributed by atoms with van der Waals surface area (Å²) in [6.45, 7) is 4.17. The molecule has 0 radical (unpaired) electrons. The van der Waals surface area contributed by atoms with Gasteiger partial charge in [0.25, 0.3) is 0 Å². The molecule has 4 heteroatoms. The van der Waals surface area contributed by atoms with Gasteiger partial charge in [-0.05, 0) is 13.8 Å². The van der Waals surface area contributed by atoms with Crippen LogP contribution in [-0.4, -0.2) is 12.2 Å². The van der Waals surface area contributed by atoms with Crippen LogP contribution in [0, 0.1) is 24.7 Å². The lowest BCUT2D eigenvalue weighted by molar-refractivity contribution is 0.562. The van der Waals surface area contributed by atoms with Gasteiger partial charge in [-0.25, -0.2) is 20.4 Å². The Morgan fingerprint density at radius 2 is 0.531 bits per heavy atom. The van der Waals surface area contributed by atoms with Crippen molar-refractivity contribution in [2.45, 2.75) is 13.8 Å². The lowest BCUT2D eigenvalue weighted by Crippen LogP contribution is -1.62. The fourth-order valence-corrected chi connectivity index (χ4v) is 1.84. The summed E-state index contributed by atoms with van der Waals surface area (Å²) in [6.07, 6.45) is 1.50. The van der Waals surface area contributed by atoms with E-state index in [1.54, 1.807) is 0 Å². The van der Waals surface area contributed by atoms with Crippen molar-refractivity contribution >= 4 is 12.2 Å². The van der Waals surface area contributed by atoms with Crippen LogP contribution in [0.5, 0.6) is 0 Å². The van der Waals surface area contributed by atoms with Crippen LogP contribution in [0.3, 0.4) is 0 Å². The third-order valence-corrected chi connectivity index (χ3v) is 3.21. The molecule has 0 spiro atoms. The Balaban J connectivity index is 0. The van der Waals surface area contributed by atoms with Crippen LogP contribution in [-0.2, 0) is 9.59 Å². The van der Waals surface area contributed by atoms with Crippen molar-refractivity contribution in [3.05, 3.63) is 145 Å². The molecule has 32 heavy (non-hydrogen) atoms. The molecule has 0 heterocycles. The molecule has 0 aromatic heterocycles. The quantitative estimate of drug-likeness (QED) is 0.231. The van der Waals surface area contributed by atoms with Crippen molar-refractivity contribution in [1.82, 2.24) is 0 Å². The molecule has 0 saturated carbocycles. The second kappa shape index (κ2) is 26.6. The smallest absolute Gasteiger partial charge is 0.222 e. The summed E-state index contributed by atoms with van der Waals surface area (Å²) in [7, 11) is 0. The molecule has 0 atom stereocenters. The van der Waals surface area contributed by atoms with Crippen molar-refractivity contribution in [1.29, 1.82) is 10.8 Å². The summed E-state index contributed by atoms with van der Waals surface area (Å²) in [6, 6.07) is 44.5. The highest BCUT2D eigenvalue weighted by molar-refractivity contribution is 5.26. The van der Waals surface area contributed by atoms with Crippen LogP contribution in [0.2, 0.25) is 0 Å². The highest BCUT2D eigenvalue weighted by Gasteiger charge is 1.72. The Kier molecular flexibility index (Phi) is 24.8. The second-order valence-electron chi connectivity index (χ2n) is 5.82. The number of isocyanates is 2. The molecule has 4 aromatic carbocycles. The van der Waals surface area contributed by atoms with Crippen LogP contribution < -0.4 is 0 Å². The van der Waals surface area contributed by atoms with Crippen LogP contribution in [0.15, 0.2) is 133 Å². The van der Waals surface area contributed by atoms with Gasteiger partial charge in [-0.2, -0.15) is 0 Å². The van der Waals surface area contributed by atoms with Gasteiger partial charge in [0.15, 0.2) is 0 Å². The van der Waals surface area contributed by atoms with E-state index in [1.807, 2.05) is 109 Å². The van der Waals surface area contributed by atoms with Gasteiger partial charge < -0.3 is 0 Å². The molecule has 0 saturated heterocycles. The van der Waals surface area contributed by atoms with Crippen LogP contribution in [0.25, 0.3) is 0 Å². The van der Waals surface area contributed by atoms with Crippen molar-refractivity contribution in [3.63, 3.8) is 0 Å². The molecule has 0 aliphatic rings. The van der Waals surface area contributed by atoms with Gasteiger partial charge >= 0.3 is 0 Å². The highest BCUT2D eigenvalue weighted by atomic mass is 16.1. The van der Waals surface area contributed by atoms with Gasteiger partial charge in [0.05, 0.1) is 0 Å². The second-order valence-corrected chi connectivity index (χ2v) is 5.82. The van der Waals surface area contributed by atoms with Crippen molar-refractivity contribution in [2.75, 3.05) is 0 Å². The number of carbonyl (C=O) groups excluding carboxylic acids is 2. The molecule has 4 nitrogen and oxygen atoms in total. The van der Waals surface area contributed by atoms with E-state index < -0.39 is 0 Å². The zero-order chi connectivity index (χ0) is 24.1. The average Bonchev–Trinajstić information content (AvgIpc) is 2.85. The van der Waals surface area contributed by atoms with Crippen LogP contribution >= 0.6 is 0 Å². The van der Waals surface area contributed by atoms with Gasteiger partial charge in [-0.1, -0.05) is 145 Å². The zero-order valence-electron chi connectivity index (χ0n) is 18.5. The molecule has 0 fully saturated rings. The first-order chi connectivity index (χ1) is 15.6. The molecule has 4 aromatic rings. The Bertz CT molecular complexity index is 784. The number of benzene rings is 4. The summed E-state index contributed by atoms with van der Waals surface area (Å²) in [5.41, 5.74) is 2.64. The Morgan fingerprint density at radius 1 is 0.406 bits per heavy atom. The fraction of sp³-hybridized carbons (Fsp3) is 0.0714. The largest absolute Gasteiger partial charge is 0.231 e. The van der Waals surface area contributed by atoms with E-state index in [-0.39, 0.29) is 0 Å². The predicted octanol–water partition coefficient (Wildman–Crippen LogP) is 7.17. The molecule has 0 bridgehead atoms. The topological polar surface area (TPSA) is 81.8 Å². The van der Waals surface area contributed by atoms with Crippen molar-refractivity contribution in [2.24, 2.45) is 0 Å². The van der Waals surface area contributed by atoms with Gasteiger partial charge in [0.1, 0.15) is 0 Å². The van der Waals surface area contributed by atoms with Crippen molar-refractivity contribution < 1.29 is 9.59 Å². The number of aryl methyl sites for hydroxylation is 2. The predicted molar refractivity (Wildman–Crippen MR) is 132 cm³/mol. The van der Waals surface area contributed by atoms with E-state index in [0.717, 1.165) is 12.2 Å². The maximum Gasteiger partial charge on any atom is 0.231 e. The van der Waals surface area contributed by atoms with E-state index >= 15 is 0 Å². The number of hydrogen-bond donors (Lipinski definition) is 2. The van der Waals surface area contributed by atoms with E-state index in [0.29, 0.717) is 0 Å². The number of hydrogen-bond acceptors (Lipinski definition) is 4.